The number of carboxylic acids is 2. The highest BCUT2D eigenvalue weighted by molar-refractivity contribution is 7.91. The smallest absolute Gasteiger partial charge is 0.414 e. The van der Waals surface area contributed by atoms with Crippen LogP contribution in [0.3, 0.4) is 0 Å². The van der Waals surface area contributed by atoms with Crippen molar-refractivity contribution in [3.05, 3.63) is 30.3 Å². The topological polar surface area (TPSA) is 179 Å². The van der Waals surface area contributed by atoms with Gasteiger partial charge in [0.25, 0.3) is 0 Å². The number of carbonyl (C=O) groups is 3. The Morgan fingerprint density at radius 1 is 0.784 bits per heavy atom. The average Bonchev–Trinajstić information content (AvgIpc) is 2.87. The Hall–Kier alpha value is -2.74. The molecule has 12 nitrogen and oxygen atoms in total. The Morgan fingerprint density at radius 3 is 1.73 bits per heavy atom. The first kappa shape index (κ1) is 36.4. The summed E-state index contributed by atoms with van der Waals surface area (Å²) >= 11 is 0. The minimum Gasteiger partial charge on any atom is -0.473 e. The number of hydrogen-bond donors (Lipinski definition) is 3. The van der Waals surface area contributed by atoms with Crippen LogP contribution in [-0.4, -0.2) is 121 Å². The second kappa shape index (κ2) is 20.3. The van der Waals surface area contributed by atoms with E-state index < -0.39 is 21.8 Å². The first-order valence-electron chi connectivity index (χ1n) is 12.2. The molecular weight excluding hydrogens is 504 g/mol. The molecule has 13 heteroatoms. The highest BCUT2D eigenvalue weighted by Gasteiger charge is 2.20. The number of nitrogens with one attached hydrogen (secondary N) is 1. The van der Waals surface area contributed by atoms with Gasteiger partial charge < -0.3 is 35.7 Å². The molecule has 214 valence electrons. The largest absolute Gasteiger partial charge is 0.473 e. The summed E-state index contributed by atoms with van der Waals surface area (Å²) in [4.78, 5) is 37.4. The molecule has 37 heavy (non-hydrogen) atoms. The Morgan fingerprint density at radius 2 is 1.27 bits per heavy atom. The molecule has 1 rings (SSSR count). The van der Waals surface area contributed by atoms with Gasteiger partial charge >= 0.3 is 18.0 Å². The lowest BCUT2D eigenvalue weighted by Crippen LogP contribution is -2.46. The van der Waals surface area contributed by atoms with E-state index in [1.165, 1.54) is 0 Å². The van der Waals surface area contributed by atoms with Gasteiger partial charge in [-0.25, -0.2) is 22.8 Å². The zero-order chi connectivity index (χ0) is 27.6. The molecular formula is C24H44N4O8S. The normalized spacial score (nSPS) is 10.8. The van der Waals surface area contributed by atoms with Gasteiger partial charge in [-0.3, -0.25) is 0 Å². The lowest BCUT2D eigenvalue weighted by atomic mass is 10.3. The van der Waals surface area contributed by atoms with Crippen molar-refractivity contribution >= 4 is 27.8 Å². The quantitative estimate of drug-likeness (QED) is 0.212. The standard InChI is InChI=1S/C22H40N4O3S.C2H2O4.H2O/c1-5-24(6-2)16-12-15-23-22(27)26(18-17-25(7-3)8-4)19-20-30(28,29)21-13-10-9-11-14-21;3-1(4)2(5)6;/h9-11,13-14H,5-8,12,15-20H2,1-4H3,(H,23,27);(H,3,4)(H,5,6);1H2. The summed E-state index contributed by atoms with van der Waals surface area (Å²) in [6.45, 7) is 15.2. The molecule has 1 aromatic carbocycles. The maximum Gasteiger partial charge on any atom is 0.414 e. The Balaban J connectivity index is 0. The molecule has 0 aliphatic carbocycles. The number of benzene rings is 1. The number of urea groups is 1. The summed E-state index contributed by atoms with van der Waals surface area (Å²) in [5.41, 5.74) is 0. The van der Waals surface area contributed by atoms with Gasteiger partial charge in [-0.15, -0.1) is 0 Å². The molecule has 0 aliphatic heterocycles. The lowest BCUT2D eigenvalue weighted by molar-refractivity contribution is -0.159. The van der Waals surface area contributed by atoms with Crippen LogP contribution in [0.25, 0.3) is 0 Å². The zero-order valence-electron chi connectivity index (χ0n) is 22.4. The Labute approximate surface area is 220 Å². The van der Waals surface area contributed by atoms with Crippen LogP contribution >= 0.6 is 0 Å². The van der Waals surface area contributed by atoms with Crippen molar-refractivity contribution in [2.24, 2.45) is 0 Å². The Kier molecular flexibility index (Phi) is 20.0. The average molecular weight is 549 g/mol. The molecule has 1 aromatic rings. The van der Waals surface area contributed by atoms with Crippen LogP contribution in [0.4, 0.5) is 4.79 Å². The molecule has 2 amide bonds. The molecule has 0 bridgehead atoms. The van der Waals surface area contributed by atoms with Gasteiger partial charge in [0, 0.05) is 26.2 Å². The van der Waals surface area contributed by atoms with Gasteiger partial charge in [-0.05, 0) is 51.3 Å². The maximum absolute atomic E-state index is 12.8. The summed E-state index contributed by atoms with van der Waals surface area (Å²) in [5, 5.41) is 17.8. The van der Waals surface area contributed by atoms with Crippen LogP contribution in [0.5, 0.6) is 0 Å². The van der Waals surface area contributed by atoms with Crippen molar-refractivity contribution in [2.45, 2.75) is 39.0 Å². The fraction of sp³-hybridized carbons (Fsp3) is 0.625. The number of likely N-dealkylation sites (N-methyl/N-ethyl adjacent to an activating group) is 1. The lowest BCUT2D eigenvalue weighted by Gasteiger charge is -2.27. The molecule has 5 N–H and O–H groups in total. The summed E-state index contributed by atoms with van der Waals surface area (Å²) in [6, 6.07) is 8.23. The van der Waals surface area contributed by atoms with E-state index in [-0.39, 0.29) is 23.8 Å². The number of amides is 2. The molecule has 0 saturated carbocycles. The summed E-state index contributed by atoms with van der Waals surface area (Å²) in [6.07, 6.45) is 0.875. The second-order valence-corrected chi connectivity index (χ2v) is 9.98. The third kappa shape index (κ3) is 15.9. The number of nitrogens with zero attached hydrogens (tertiary/aromatic N) is 3. The SMILES string of the molecule is CCN(CC)CCCNC(=O)N(CCN(CC)CC)CCS(=O)(=O)c1ccccc1.O.O=C(O)C(=O)O. The molecule has 0 spiro atoms. The van der Waals surface area contributed by atoms with Crippen molar-refractivity contribution in [3.63, 3.8) is 0 Å². The summed E-state index contributed by atoms with van der Waals surface area (Å²) < 4.78 is 25.3. The van der Waals surface area contributed by atoms with Gasteiger partial charge in [0.2, 0.25) is 0 Å². The van der Waals surface area contributed by atoms with Crippen LogP contribution in [0.15, 0.2) is 35.2 Å². The van der Waals surface area contributed by atoms with E-state index in [0.29, 0.717) is 18.0 Å². The molecule has 0 unspecified atom stereocenters. The fourth-order valence-electron chi connectivity index (χ4n) is 3.24. The molecule has 0 atom stereocenters. The van der Waals surface area contributed by atoms with Crippen LogP contribution in [-0.2, 0) is 19.4 Å². The van der Waals surface area contributed by atoms with Gasteiger partial charge in [0.05, 0.1) is 10.6 Å². The second-order valence-electron chi connectivity index (χ2n) is 7.87. The van der Waals surface area contributed by atoms with Gasteiger partial charge in [-0.1, -0.05) is 45.9 Å². The van der Waals surface area contributed by atoms with E-state index in [1.807, 2.05) is 0 Å². The van der Waals surface area contributed by atoms with Crippen LogP contribution in [0.1, 0.15) is 34.1 Å². The maximum atomic E-state index is 12.8. The number of carbonyl (C=O) groups excluding carboxylic acids is 1. The van der Waals surface area contributed by atoms with E-state index in [0.717, 1.165) is 45.7 Å². The monoisotopic (exact) mass is 548 g/mol. The van der Waals surface area contributed by atoms with Crippen molar-refractivity contribution in [3.8, 4) is 0 Å². The number of carboxylic acid groups (broad SMARTS) is 2. The molecule has 0 saturated heterocycles. The van der Waals surface area contributed by atoms with Crippen LogP contribution in [0, 0.1) is 0 Å². The number of hydrogen-bond acceptors (Lipinski definition) is 7. The van der Waals surface area contributed by atoms with E-state index in [2.05, 4.69) is 42.8 Å². The molecule has 0 aromatic heterocycles. The molecule has 0 heterocycles. The van der Waals surface area contributed by atoms with E-state index in [1.54, 1.807) is 35.2 Å². The van der Waals surface area contributed by atoms with Crippen LogP contribution < -0.4 is 5.32 Å². The first-order valence-corrected chi connectivity index (χ1v) is 13.9. The minimum absolute atomic E-state index is 0. The van der Waals surface area contributed by atoms with Crippen molar-refractivity contribution in [1.82, 2.24) is 20.0 Å². The summed E-state index contributed by atoms with van der Waals surface area (Å²) in [5.74, 6) is -3.73. The van der Waals surface area contributed by atoms with Crippen LogP contribution in [0.2, 0.25) is 0 Å². The number of sulfone groups is 1. The van der Waals surface area contributed by atoms with Crippen molar-refractivity contribution in [2.75, 3.05) is 64.7 Å². The third-order valence-electron chi connectivity index (χ3n) is 5.60. The predicted molar refractivity (Wildman–Crippen MR) is 143 cm³/mol. The van der Waals surface area contributed by atoms with Crippen molar-refractivity contribution in [1.29, 1.82) is 0 Å². The van der Waals surface area contributed by atoms with Crippen molar-refractivity contribution < 1.29 is 38.5 Å². The highest BCUT2D eigenvalue weighted by Crippen LogP contribution is 2.10. The number of rotatable bonds is 15. The zero-order valence-corrected chi connectivity index (χ0v) is 23.2. The Bertz CT molecular complexity index is 864. The number of aliphatic carboxylic acids is 2. The van der Waals surface area contributed by atoms with E-state index >= 15 is 0 Å². The van der Waals surface area contributed by atoms with Gasteiger partial charge in [0.15, 0.2) is 9.84 Å². The minimum atomic E-state index is -3.42. The van der Waals surface area contributed by atoms with Gasteiger partial charge in [0.1, 0.15) is 0 Å². The highest BCUT2D eigenvalue weighted by atomic mass is 32.2. The molecule has 0 aliphatic rings. The third-order valence-corrected chi connectivity index (χ3v) is 7.32. The predicted octanol–water partition coefficient (Wildman–Crippen LogP) is 0.877. The summed E-state index contributed by atoms with van der Waals surface area (Å²) in [7, 11) is -3.42. The fourth-order valence-corrected chi connectivity index (χ4v) is 4.51. The van der Waals surface area contributed by atoms with Gasteiger partial charge in [-0.2, -0.15) is 0 Å². The molecule has 0 radical (unpaired) electrons. The molecule has 0 fully saturated rings. The first-order chi connectivity index (χ1) is 17.0. The van der Waals surface area contributed by atoms with E-state index in [9.17, 15) is 13.2 Å². The van der Waals surface area contributed by atoms with E-state index in [4.69, 9.17) is 19.8 Å².